The number of aromatic nitrogens is 2. The van der Waals surface area contributed by atoms with Crippen molar-refractivity contribution in [3.05, 3.63) is 53.6 Å². The molecule has 3 rings (SSSR count). The first-order valence-electron chi connectivity index (χ1n) is 8.41. The summed E-state index contributed by atoms with van der Waals surface area (Å²) in [6.45, 7) is 2.08. The van der Waals surface area contributed by atoms with Gasteiger partial charge >= 0.3 is 0 Å². The summed E-state index contributed by atoms with van der Waals surface area (Å²) in [6.07, 6.45) is 4.88. The highest BCUT2D eigenvalue weighted by Gasteiger charge is 2.41. The number of piperidine rings is 1. The molecule has 1 aliphatic heterocycles. The van der Waals surface area contributed by atoms with Crippen molar-refractivity contribution in [2.75, 3.05) is 20.2 Å². The molecule has 134 valence electrons. The molecule has 0 radical (unpaired) electrons. The molecule has 0 spiro atoms. The largest absolute Gasteiger partial charge is 0.380 e. The van der Waals surface area contributed by atoms with Crippen LogP contribution in [0.3, 0.4) is 0 Å². The summed E-state index contributed by atoms with van der Waals surface area (Å²) in [5.74, 6) is -0.362. The van der Waals surface area contributed by atoms with E-state index in [1.165, 1.54) is 13.2 Å². The lowest BCUT2D eigenvalue weighted by Gasteiger charge is -2.36. The highest BCUT2D eigenvalue weighted by Crippen LogP contribution is 2.27. The molecule has 6 nitrogen and oxygen atoms in total. The van der Waals surface area contributed by atoms with Crippen LogP contribution in [0, 0.1) is 5.82 Å². The summed E-state index contributed by atoms with van der Waals surface area (Å²) in [6, 6.07) is 6.64. The quantitative estimate of drug-likeness (QED) is 0.833. The number of rotatable bonds is 6. The first-order valence-corrected chi connectivity index (χ1v) is 8.41. The third-order valence-corrected chi connectivity index (χ3v) is 4.66. The van der Waals surface area contributed by atoms with Gasteiger partial charge in [0.25, 0.3) is 0 Å². The van der Waals surface area contributed by atoms with Gasteiger partial charge in [0.2, 0.25) is 5.91 Å². The van der Waals surface area contributed by atoms with Crippen LogP contribution < -0.4 is 10.6 Å². The zero-order valence-electron chi connectivity index (χ0n) is 14.3. The minimum Gasteiger partial charge on any atom is -0.380 e. The molecule has 2 N–H and O–H groups in total. The summed E-state index contributed by atoms with van der Waals surface area (Å²) in [4.78, 5) is 13.0. The van der Waals surface area contributed by atoms with Crippen LogP contribution >= 0.6 is 0 Å². The van der Waals surface area contributed by atoms with Gasteiger partial charge in [-0.3, -0.25) is 9.48 Å². The number of hydrogen-bond donors (Lipinski definition) is 2. The first kappa shape index (κ1) is 17.6. The van der Waals surface area contributed by atoms with Gasteiger partial charge in [0.15, 0.2) is 0 Å². The summed E-state index contributed by atoms with van der Waals surface area (Å²) < 4.78 is 20.5. The Labute approximate surface area is 146 Å². The highest BCUT2D eigenvalue weighted by atomic mass is 19.1. The zero-order chi connectivity index (χ0) is 17.7. The van der Waals surface area contributed by atoms with Crippen LogP contribution in [0.2, 0.25) is 0 Å². The molecule has 0 bridgehead atoms. The molecule has 1 aromatic heterocycles. The lowest BCUT2D eigenvalue weighted by Crippen LogP contribution is -2.54. The van der Waals surface area contributed by atoms with E-state index in [1.807, 2.05) is 12.3 Å². The normalized spacial score (nSPS) is 16.6. The number of nitrogens with zero attached hydrogens (tertiary/aromatic N) is 2. The van der Waals surface area contributed by atoms with Gasteiger partial charge in [-0.25, -0.2) is 4.39 Å². The molecule has 1 aliphatic rings. The average molecular weight is 346 g/mol. The summed E-state index contributed by atoms with van der Waals surface area (Å²) in [7, 11) is 1.53. The summed E-state index contributed by atoms with van der Waals surface area (Å²) in [5.41, 5.74) is 0.647. The van der Waals surface area contributed by atoms with Gasteiger partial charge in [-0.2, -0.15) is 5.10 Å². The van der Waals surface area contributed by atoms with Gasteiger partial charge in [-0.05, 0) is 49.7 Å². The Bertz CT molecular complexity index is 712. The number of nitrogens with one attached hydrogen (secondary N) is 2. The summed E-state index contributed by atoms with van der Waals surface area (Å²) in [5, 5.41) is 10.6. The van der Waals surface area contributed by atoms with Crippen molar-refractivity contribution in [2.45, 2.75) is 31.5 Å². The van der Waals surface area contributed by atoms with E-state index in [9.17, 15) is 9.18 Å². The van der Waals surface area contributed by atoms with Crippen molar-refractivity contribution in [3.8, 4) is 0 Å². The molecule has 1 aromatic carbocycles. The van der Waals surface area contributed by atoms with Gasteiger partial charge in [-0.15, -0.1) is 0 Å². The Balaban J connectivity index is 1.73. The zero-order valence-corrected chi connectivity index (χ0v) is 14.3. The van der Waals surface area contributed by atoms with Crippen LogP contribution in [0.4, 0.5) is 4.39 Å². The Kier molecular flexibility index (Phi) is 5.45. The Hall–Kier alpha value is -2.25. The van der Waals surface area contributed by atoms with E-state index in [0.717, 1.165) is 18.7 Å². The molecule has 0 unspecified atom stereocenters. The van der Waals surface area contributed by atoms with Crippen LogP contribution in [0.25, 0.3) is 0 Å². The number of halogens is 1. The predicted molar refractivity (Wildman–Crippen MR) is 91.3 cm³/mol. The number of ether oxygens (including phenoxy) is 1. The first-order chi connectivity index (χ1) is 12.2. The third kappa shape index (κ3) is 3.72. The fourth-order valence-corrected chi connectivity index (χ4v) is 3.27. The van der Waals surface area contributed by atoms with Gasteiger partial charge in [0.05, 0.1) is 6.61 Å². The van der Waals surface area contributed by atoms with Gasteiger partial charge < -0.3 is 15.4 Å². The van der Waals surface area contributed by atoms with Crippen LogP contribution in [0.5, 0.6) is 0 Å². The standard InChI is InChI=1S/C18H23FN4O2/c1-25-13-15-11-14(3-4-16(15)19)12-21-17(24)18(5-8-20-9-6-18)23-10-2-7-22-23/h2-4,7,10-11,20H,5-6,8-9,12-13H2,1H3,(H,21,24). The average Bonchev–Trinajstić information content (AvgIpc) is 3.18. The maximum Gasteiger partial charge on any atom is 0.248 e. The second kappa shape index (κ2) is 7.76. The molecular formula is C18H23FN4O2. The minimum absolute atomic E-state index is 0.0599. The van der Waals surface area contributed by atoms with Gasteiger partial charge in [0.1, 0.15) is 11.4 Å². The second-order valence-electron chi connectivity index (χ2n) is 6.27. The SMILES string of the molecule is COCc1cc(CNC(=O)C2(n3cccn3)CCNCC2)ccc1F. The number of amides is 1. The van der Waals surface area contributed by atoms with Crippen molar-refractivity contribution in [3.63, 3.8) is 0 Å². The van der Waals surface area contributed by atoms with E-state index >= 15 is 0 Å². The van der Waals surface area contributed by atoms with E-state index in [-0.39, 0.29) is 18.3 Å². The Morgan fingerprint density at radius 2 is 2.24 bits per heavy atom. The van der Waals surface area contributed by atoms with Crippen LogP contribution in [-0.2, 0) is 28.2 Å². The molecule has 25 heavy (non-hydrogen) atoms. The Morgan fingerprint density at radius 1 is 1.44 bits per heavy atom. The van der Waals surface area contributed by atoms with Crippen LogP contribution in [0.1, 0.15) is 24.0 Å². The van der Waals surface area contributed by atoms with Crippen LogP contribution in [0.15, 0.2) is 36.7 Å². The molecule has 0 atom stereocenters. The summed E-state index contributed by atoms with van der Waals surface area (Å²) >= 11 is 0. The molecule has 1 saturated heterocycles. The predicted octanol–water partition coefficient (Wildman–Crippen LogP) is 1.56. The molecule has 1 fully saturated rings. The fourth-order valence-electron chi connectivity index (χ4n) is 3.27. The minimum atomic E-state index is -0.676. The van der Waals surface area contributed by atoms with E-state index in [2.05, 4.69) is 15.7 Å². The molecule has 2 heterocycles. The number of methoxy groups -OCH3 is 1. The van der Waals surface area contributed by atoms with E-state index in [1.54, 1.807) is 23.0 Å². The lowest BCUT2D eigenvalue weighted by atomic mass is 9.87. The molecule has 0 saturated carbocycles. The van der Waals surface area contributed by atoms with E-state index in [0.29, 0.717) is 24.9 Å². The van der Waals surface area contributed by atoms with Crippen molar-refractivity contribution in [2.24, 2.45) is 0 Å². The van der Waals surface area contributed by atoms with Gasteiger partial charge in [-0.1, -0.05) is 6.07 Å². The molecule has 0 aliphatic carbocycles. The lowest BCUT2D eigenvalue weighted by molar-refractivity contribution is -0.132. The maximum atomic E-state index is 13.7. The smallest absolute Gasteiger partial charge is 0.248 e. The highest BCUT2D eigenvalue weighted by molar-refractivity contribution is 5.84. The third-order valence-electron chi connectivity index (χ3n) is 4.66. The number of benzene rings is 1. The Morgan fingerprint density at radius 3 is 2.92 bits per heavy atom. The fraction of sp³-hybridized carbons (Fsp3) is 0.444. The number of carbonyl (C=O) groups excluding carboxylic acids is 1. The molecule has 1 amide bonds. The van der Waals surface area contributed by atoms with Crippen molar-refractivity contribution in [1.29, 1.82) is 0 Å². The monoisotopic (exact) mass is 346 g/mol. The topological polar surface area (TPSA) is 68.2 Å². The van der Waals surface area contributed by atoms with Gasteiger partial charge in [0, 0.05) is 31.6 Å². The maximum absolute atomic E-state index is 13.7. The van der Waals surface area contributed by atoms with Crippen LogP contribution in [-0.4, -0.2) is 35.9 Å². The van der Waals surface area contributed by atoms with Crippen molar-refractivity contribution >= 4 is 5.91 Å². The molecule has 2 aromatic rings. The second-order valence-corrected chi connectivity index (χ2v) is 6.27. The van der Waals surface area contributed by atoms with Crippen molar-refractivity contribution < 1.29 is 13.9 Å². The number of carbonyl (C=O) groups is 1. The molecular weight excluding hydrogens is 323 g/mol. The van der Waals surface area contributed by atoms with E-state index in [4.69, 9.17) is 4.74 Å². The van der Waals surface area contributed by atoms with Crippen molar-refractivity contribution in [1.82, 2.24) is 20.4 Å². The van der Waals surface area contributed by atoms with E-state index < -0.39 is 5.54 Å². The number of hydrogen-bond acceptors (Lipinski definition) is 4. The molecule has 7 heteroatoms.